The molecule has 0 saturated heterocycles. The average molecular weight is 247 g/mol. The minimum atomic E-state index is -0.918. The fraction of sp³-hybridized carbons (Fsp3) is 0.308. The molecule has 1 aromatic rings. The number of cyclic esters (lactones) is 1. The highest BCUT2D eigenvalue weighted by Crippen LogP contribution is 2.24. The van der Waals surface area contributed by atoms with Crippen LogP contribution in [0.25, 0.3) is 0 Å². The quantitative estimate of drug-likeness (QED) is 0.744. The van der Waals surface area contributed by atoms with Crippen LogP contribution in [-0.2, 0) is 14.3 Å². The monoisotopic (exact) mass is 247 g/mol. The van der Waals surface area contributed by atoms with E-state index in [1.807, 2.05) is 0 Å². The van der Waals surface area contributed by atoms with Crippen molar-refractivity contribution in [3.63, 3.8) is 0 Å². The van der Waals surface area contributed by atoms with E-state index in [2.05, 4.69) is 9.73 Å². The van der Waals surface area contributed by atoms with E-state index in [9.17, 15) is 9.59 Å². The zero-order valence-corrected chi connectivity index (χ0v) is 10.4. The Kier molecular flexibility index (Phi) is 2.90. The normalized spacial score (nSPS) is 17.1. The number of benzene rings is 1. The second-order valence-electron chi connectivity index (χ2n) is 4.40. The van der Waals surface area contributed by atoms with Crippen LogP contribution in [0.5, 0.6) is 0 Å². The first kappa shape index (κ1) is 12.3. The van der Waals surface area contributed by atoms with Gasteiger partial charge in [0.05, 0.1) is 18.2 Å². The number of hydrogen-bond donors (Lipinski definition) is 0. The van der Waals surface area contributed by atoms with Crippen LogP contribution in [0.15, 0.2) is 29.3 Å². The van der Waals surface area contributed by atoms with Crippen molar-refractivity contribution in [2.45, 2.75) is 19.4 Å². The zero-order valence-electron chi connectivity index (χ0n) is 10.4. The maximum atomic E-state index is 11.6. The number of methoxy groups -OCH3 is 1. The first-order valence-corrected chi connectivity index (χ1v) is 5.45. The fourth-order valence-electron chi connectivity index (χ4n) is 1.61. The van der Waals surface area contributed by atoms with Crippen LogP contribution in [0.4, 0.5) is 0 Å². The Balaban J connectivity index is 2.48. The van der Waals surface area contributed by atoms with Crippen LogP contribution in [0.2, 0.25) is 0 Å². The Morgan fingerprint density at radius 1 is 1.33 bits per heavy atom. The van der Waals surface area contributed by atoms with Crippen molar-refractivity contribution < 1.29 is 19.1 Å². The Hall–Kier alpha value is -2.17. The van der Waals surface area contributed by atoms with Gasteiger partial charge in [0.25, 0.3) is 0 Å². The molecule has 1 heterocycles. The van der Waals surface area contributed by atoms with Gasteiger partial charge >= 0.3 is 11.9 Å². The Labute approximate surface area is 104 Å². The standard InChI is InChI=1S/C13H13NO4/c1-13(2)12(16)18-10(14-13)8-6-4-5-7-9(8)11(15)17-3/h4-7H,1-3H3. The smallest absolute Gasteiger partial charge is 0.340 e. The van der Waals surface area contributed by atoms with Gasteiger partial charge in [-0.2, -0.15) is 0 Å². The molecule has 1 aliphatic rings. The second-order valence-corrected chi connectivity index (χ2v) is 4.40. The van der Waals surface area contributed by atoms with E-state index in [1.54, 1.807) is 38.1 Å². The molecule has 5 nitrogen and oxygen atoms in total. The molecule has 94 valence electrons. The lowest BCUT2D eigenvalue weighted by Gasteiger charge is -2.06. The van der Waals surface area contributed by atoms with E-state index < -0.39 is 17.5 Å². The first-order chi connectivity index (χ1) is 8.45. The molecule has 0 amide bonds. The van der Waals surface area contributed by atoms with Gasteiger partial charge in [0.2, 0.25) is 5.90 Å². The third-order valence-electron chi connectivity index (χ3n) is 2.63. The maximum Gasteiger partial charge on any atom is 0.340 e. The SMILES string of the molecule is COC(=O)c1ccccc1C1=NC(C)(C)C(=O)O1. The van der Waals surface area contributed by atoms with Crippen molar-refractivity contribution in [2.24, 2.45) is 4.99 Å². The van der Waals surface area contributed by atoms with Crippen LogP contribution in [0.3, 0.4) is 0 Å². The third kappa shape index (κ3) is 1.99. The van der Waals surface area contributed by atoms with E-state index in [0.29, 0.717) is 11.1 Å². The lowest BCUT2D eigenvalue weighted by atomic mass is 10.1. The largest absolute Gasteiger partial charge is 0.465 e. The Bertz CT molecular complexity index is 546. The van der Waals surface area contributed by atoms with Gasteiger partial charge in [-0.05, 0) is 26.0 Å². The van der Waals surface area contributed by atoms with Crippen molar-refractivity contribution in [2.75, 3.05) is 7.11 Å². The van der Waals surface area contributed by atoms with E-state index in [0.717, 1.165) is 0 Å². The molecule has 2 rings (SSSR count). The topological polar surface area (TPSA) is 65.0 Å². The minimum Gasteiger partial charge on any atom is -0.465 e. The average Bonchev–Trinajstić information content (AvgIpc) is 2.63. The molecule has 18 heavy (non-hydrogen) atoms. The Morgan fingerprint density at radius 2 is 2.00 bits per heavy atom. The van der Waals surface area contributed by atoms with E-state index in [-0.39, 0.29) is 5.90 Å². The summed E-state index contributed by atoms with van der Waals surface area (Å²) in [7, 11) is 1.30. The number of hydrogen-bond acceptors (Lipinski definition) is 5. The van der Waals surface area contributed by atoms with Gasteiger partial charge < -0.3 is 9.47 Å². The number of aliphatic imine (C=N–C) groups is 1. The molecule has 0 aliphatic carbocycles. The van der Waals surface area contributed by atoms with Crippen molar-refractivity contribution in [3.8, 4) is 0 Å². The van der Waals surface area contributed by atoms with Crippen LogP contribution in [-0.4, -0.2) is 30.5 Å². The molecule has 0 fully saturated rings. The van der Waals surface area contributed by atoms with Gasteiger partial charge in [0.15, 0.2) is 5.54 Å². The van der Waals surface area contributed by atoms with Crippen molar-refractivity contribution in [1.29, 1.82) is 0 Å². The summed E-state index contributed by atoms with van der Waals surface area (Å²) in [4.78, 5) is 27.4. The fourth-order valence-corrected chi connectivity index (χ4v) is 1.61. The molecule has 5 heteroatoms. The molecular weight excluding hydrogens is 234 g/mol. The Morgan fingerprint density at radius 3 is 2.56 bits per heavy atom. The second kappa shape index (κ2) is 4.25. The summed E-state index contributed by atoms with van der Waals surface area (Å²) in [6.07, 6.45) is 0. The molecule has 0 saturated carbocycles. The number of carbonyl (C=O) groups excluding carboxylic acids is 2. The number of carbonyl (C=O) groups is 2. The lowest BCUT2D eigenvalue weighted by Crippen LogP contribution is -2.25. The summed E-state index contributed by atoms with van der Waals surface area (Å²) < 4.78 is 9.78. The number of nitrogens with zero attached hydrogens (tertiary/aromatic N) is 1. The highest BCUT2D eigenvalue weighted by Gasteiger charge is 2.38. The first-order valence-electron chi connectivity index (χ1n) is 5.45. The van der Waals surface area contributed by atoms with Crippen LogP contribution in [0.1, 0.15) is 29.8 Å². The van der Waals surface area contributed by atoms with Crippen molar-refractivity contribution >= 4 is 17.8 Å². The minimum absolute atomic E-state index is 0.158. The molecule has 1 aliphatic heterocycles. The third-order valence-corrected chi connectivity index (χ3v) is 2.63. The summed E-state index contributed by atoms with van der Waals surface area (Å²) in [5, 5.41) is 0. The molecule has 1 aromatic carbocycles. The van der Waals surface area contributed by atoms with Gasteiger partial charge in [-0.15, -0.1) is 0 Å². The van der Waals surface area contributed by atoms with Crippen molar-refractivity contribution in [1.82, 2.24) is 0 Å². The molecule has 0 aromatic heterocycles. The van der Waals surface area contributed by atoms with Gasteiger partial charge in [0.1, 0.15) is 0 Å². The van der Waals surface area contributed by atoms with Gasteiger partial charge in [-0.1, -0.05) is 12.1 Å². The zero-order chi connectivity index (χ0) is 13.3. The number of esters is 2. The highest BCUT2D eigenvalue weighted by molar-refractivity contribution is 6.12. The summed E-state index contributed by atoms with van der Waals surface area (Å²) in [5.41, 5.74) is -0.133. The summed E-state index contributed by atoms with van der Waals surface area (Å²) >= 11 is 0. The molecule has 0 bridgehead atoms. The molecule has 0 unspecified atom stereocenters. The van der Waals surface area contributed by atoms with E-state index in [4.69, 9.17) is 4.74 Å². The molecule has 0 spiro atoms. The maximum absolute atomic E-state index is 11.6. The summed E-state index contributed by atoms with van der Waals surface area (Å²) in [6, 6.07) is 6.71. The predicted octanol–water partition coefficient (Wildman–Crippen LogP) is 1.56. The molecule has 0 N–H and O–H groups in total. The van der Waals surface area contributed by atoms with Crippen LogP contribution in [0, 0.1) is 0 Å². The predicted molar refractivity (Wildman–Crippen MR) is 64.5 cm³/mol. The van der Waals surface area contributed by atoms with E-state index >= 15 is 0 Å². The lowest BCUT2D eigenvalue weighted by molar-refractivity contribution is -0.137. The summed E-state index contributed by atoms with van der Waals surface area (Å²) in [5.74, 6) is -0.766. The van der Waals surface area contributed by atoms with E-state index in [1.165, 1.54) is 7.11 Å². The number of ether oxygens (including phenoxy) is 2. The van der Waals surface area contributed by atoms with Gasteiger partial charge in [0, 0.05) is 0 Å². The van der Waals surface area contributed by atoms with Crippen molar-refractivity contribution in [3.05, 3.63) is 35.4 Å². The van der Waals surface area contributed by atoms with Gasteiger partial charge in [-0.25, -0.2) is 14.6 Å². The molecular formula is C13H13NO4. The van der Waals surface area contributed by atoms with Crippen LogP contribution >= 0.6 is 0 Å². The summed E-state index contributed by atoms with van der Waals surface area (Å²) in [6.45, 7) is 3.31. The van der Waals surface area contributed by atoms with Gasteiger partial charge in [-0.3, -0.25) is 0 Å². The van der Waals surface area contributed by atoms with Crippen LogP contribution < -0.4 is 0 Å². The number of rotatable bonds is 2. The highest BCUT2D eigenvalue weighted by atomic mass is 16.6. The molecule has 0 atom stereocenters. The molecule has 0 radical (unpaired) electrons.